The van der Waals surface area contributed by atoms with Crippen molar-refractivity contribution in [2.75, 3.05) is 31.6 Å². The summed E-state index contributed by atoms with van der Waals surface area (Å²) in [5.74, 6) is 0. The van der Waals surface area contributed by atoms with Crippen LogP contribution >= 0.6 is 11.6 Å². The Balaban J connectivity index is 2.06. The SMILES string of the molecule is O=C(O)Nc1cc(Cl)cc(CN2CCOCC2)c1. The van der Waals surface area contributed by atoms with Crippen LogP contribution < -0.4 is 5.32 Å². The molecule has 98 valence electrons. The number of carbonyl (C=O) groups is 1. The van der Waals surface area contributed by atoms with E-state index in [-0.39, 0.29) is 0 Å². The van der Waals surface area contributed by atoms with Gasteiger partial charge in [0, 0.05) is 30.3 Å². The first-order valence-corrected chi connectivity index (χ1v) is 6.11. The second-order valence-corrected chi connectivity index (χ2v) is 4.60. The molecule has 1 fully saturated rings. The monoisotopic (exact) mass is 270 g/mol. The Kier molecular flexibility index (Phi) is 4.41. The third kappa shape index (κ3) is 3.87. The molecule has 0 saturated carbocycles. The van der Waals surface area contributed by atoms with Gasteiger partial charge in [0.25, 0.3) is 0 Å². The molecule has 1 aromatic rings. The van der Waals surface area contributed by atoms with Crippen LogP contribution in [0, 0.1) is 0 Å². The lowest BCUT2D eigenvalue weighted by atomic mass is 10.2. The van der Waals surface area contributed by atoms with E-state index in [4.69, 9.17) is 21.4 Å². The Morgan fingerprint density at radius 3 is 2.78 bits per heavy atom. The van der Waals surface area contributed by atoms with Crippen LogP contribution in [-0.2, 0) is 11.3 Å². The first-order valence-electron chi connectivity index (χ1n) is 5.73. The van der Waals surface area contributed by atoms with E-state index >= 15 is 0 Å². The molecule has 0 aliphatic carbocycles. The van der Waals surface area contributed by atoms with E-state index in [9.17, 15) is 4.79 Å². The molecule has 1 heterocycles. The summed E-state index contributed by atoms with van der Waals surface area (Å²) in [6.45, 7) is 3.99. The van der Waals surface area contributed by atoms with Gasteiger partial charge in [-0.2, -0.15) is 0 Å². The number of hydrogen-bond acceptors (Lipinski definition) is 3. The number of rotatable bonds is 3. The molecule has 0 spiro atoms. The molecule has 1 aromatic carbocycles. The van der Waals surface area contributed by atoms with Crippen LogP contribution in [0.5, 0.6) is 0 Å². The number of morpholine rings is 1. The molecule has 1 amide bonds. The highest BCUT2D eigenvalue weighted by Crippen LogP contribution is 2.20. The molecular formula is C12H15ClN2O3. The van der Waals surface area contributed by atoms with Gasteiger partial charge in [-0.3, -0.25) is 10.2 Å². The molecule has 1 aliphatic heterocycles. The molecule has 1 saturated heterocycles. The Morgan fingerprint density at radius 2 is 2.11 bits per heavy atom. The van der Waals surface area contributed by atoms with Crippen molar-refractivity contribution in [1.82, 2.24) is 4.90 Å². The number of hydrogen-bond donors (Lipinski definition) is 2. The number of halogens is 1. The summed E-state index contributed by atoms with van der Waals surface area (Å²) in [7, 11) is 0. The molecule has 2 N–H and O–H groups in total. The van der Waals surface area contributed by atoms with Gasteiger partial charge in [0.05, 0.1) is 13.2 Å². The summed E-state index contributed by atoms with van der Waals surface area (Å²) in [6, 6.07) is 5.25. The highest BCUT2D eigenvalue weighted by Gasteiger charge is 2.11. The first kappa shape index (κ1) is 13.1. The van der Waals surface area contributed by atoms with E-state index in [1.807, 2.05) is 6.07 Å². The Bertz CT molecular complexity index is 433. The largest absolute Gasteiger partial charge is 0.465 e. The molecule has 0 aromatic heterocycles. The average molecular weight is 271 g/mol. The number of anilines is 1. The molecule has 18 heavy (non-hydrogen) atoms. The fourth-order valence-electron chi connectivity index (χ4n) is 1.95. The fourth-order valence-corrected chi connectivity index (χ4v) is 2.21. The van der Waals surface area contributed by atoms with Crippen molar-refractivity contribution in [1.29, 1.82) is 0 Å². The summed E-state index contributed by atoms with van der Waals surface area (Å²) >= 11 is 5.98. The maximum atomic E-state index is 10.6. The number of nitrogens with one attached hydrogen (secondary N) is 1. The topological polar surface area (TPSA) is 61.8 Å². The molecule has 0 unspecified atom stereocenters. The lowest BCUT2D eigenvalue weighted by molar-refractivity contribution is 0.0342. The molecule has 0 bridgehead atoms. The van der Waals surface area contributed by atoms with Crippen LogP contribution in [0.25, 0.3) is 0 Å². The third-order valence-electron chi connectivity index (χ3n) is 2.72. The van der Waals surface area contributed by atoms with Gasteiger partial charge in [-0.05, 0) is 23.8 Å². The second kappa shape index (κ2) is 6.04. The van der Waals surface area contributed by atoms with Gasteiger partial charge in [-0.1, -0.05) is 11.6 Å². The number of ether oxygens (including phenoxy) is 1. The number of nitrogens with zero attached hydrogens (tertiary/aromatic N) is 1. The smallest absolute Gasteiger partial charge is 0.409 e. The van der Waals surface area contributed by atoms with Crippen molar-refractivity contribution in [2.24, 2.45) is 0 Å². The van der Waals surface area contributed by atoms with Gasteiger partial charge < -0.3 is 9.84 Å². The van der Waals surface area contributed by atoms with Crippen molar-refractivity contribution in [3.8, 4) is 0 Å². The summed E-state index contributed by atoms with van der Waals surface area (Å²) in [6.07, 6.45) is -1.09. The van der Waals surface area contributed by atoms with Crippen LogP contribution in [-0.4, -0.2) is 42.4 Å². The summed E-state index contributed by atoms with van der Waals surface area (Å²) < 4.78 is 5.28. The predicted octanol–water partition coefficient (Wildman–Crippen LogP) is 2.26. The van der Waals surface area contributed by atoms with Crippen molar-refractivity contribution >= 4 is 23.4 Å². The molecule has 5 nitrogen and oxygen atoms in total. The van der Waals surface area contributed by atoms with Crippen LogP contribution in [0.3, 0.4) is 0 Å². The normalized spacial score (nSPS) is 16.5. The lowest BCUT2D eigenvalue weighted by Gasteiger charge is -2.26. The minimum atomic E-state index is -1.09. The van der Waals surface area contributed by atoms with E-state index in [0.717, 1.165) is 38.4 Å². The van der Waals surface area contributed by atoms with Crippen LogP contribution in [0.2, 0.25) is 5.02 Å². The Hall–Kier alpha value is -1.30. The Labute approximate surface area is 110 Å². The van der Waals surface area contributed by atoms with E-state index in [1.54, 1.807) is 12.1 Å². The lowest BCUT2D eigenvalue weighted by Crippen LogP contribution is -2.35. The minimum Gasteiger partial charge on any atom is -0.465 e. The van der Waals surface area contributed by atoms with Gasteiger partial charge in [0.2, 0.25) is 0 Å². The van der Waals surface area contributed by atoms with Crippen molar-refractivity contribution in [2.45, 2.75) is 6.54 Å². The van der Waals surface area contributed by atoms with E-state index in [0.29, 0.717) is 10.7 Å². The van der Waals surface area contributed by atoms with Gasteiger partial charge in [0.1, 0.15) is 0 Å². The maximum absolute atomic E-state index is 10.6. The van der Waals surface area contributed by atoms with Crippen LogP contribution in [0.4, 0.5) is 10.5 Å². The fraction of sp³-hybridized carbons (Fsp3) is 0.417. The van der Waals surface area contributed by atoms with Gasteiger partial charge in [-0.15, -0.1) is 0 Å². The molecular weight excluding hydrogens is 256 g/mol. The third-order valence-corrected chi connectivity index (χ3v) is 2.94. The maximum Gasteiger partial charge on any atom is 0.409 e. The van der Waals surface area contributed by atoms with Gasteiger partial charge in [-0.25, -0.2) is 4.79 Å². The number of amides is 1. The minimum absolute atomic E-state index is 0.498. The van der Waals surface area contributed by atoms with E-state index in [2.05, 4.69) is 10.2 Å². The number of benzene rings is 1. The summed E-state index contributed by atoms with van der Waals surface area (Å²) in [5.41, 5.74) is 1.49. The van der Waals surface area contributed by atoms with Gasteiger partial charge >= 0.3 is 6.09 Å². The zero-order valence-electron chi connectivity index (χ0n) is 9.86. The van der Waals surface area contributed by atoms with Crippen LogP contribution in [0.15, 0.2) is 18.2 Å². The second-order valence-electron chi connectivity index (χ2n) is 4.17. The van der Waals surface area contributed by atoms with E-state index < -0.39 is 6.09 Å². The molecule has 2 rings (SSSR count). The Morgan fingerprint density at radius 1 is 1.39 bits per heavy atom. The molecule has 6 heteroatoms. The van der Waals surface area contributed by atoms with Crippen molar-refractivity contribution in [3.05, 3.63) is 28.8 Å². The summed E-state index contributed by atoms with van der Waals surface area (Å²) in [4.78, 5) is 12.8. The first-order chi connectivity index (χ1) is 8.63. The predicted molar refractivity (Wildman–Crippen MR) is 69.2 cm³/mol. The standard InChI is InChI=1S/C12H15ClN2O3/c13-10-5-9(6-11(7-10)14-12(16)17)8-15-1-3-18-4-2-15/h5-7,14H,1-4,8H2,(H,16,17). The highest BCUT2D eigenvalue weighted by molar-refractivity contribution is 6.31. The van der Waals surface area contributed by atoms with Crippen molar-refractivity contribution in [3.63, 3.8) is 0 Å². The highest BCUT2D eigenvalue weighted by atomic mass is 35.5. The molecule has 0 atom stereocenters. The van der Waals surface area contributed by atoms with Crippen molar-refractivity contribution < 1.29 is 14.6 Å². The molecule has 1 aliphatic rings. The summed E-state index contributed by atoms with van der Waals surface area (Å²) in [5, 5.41) is 11.5. The molecule has 0 radical (unpaired) electrons. The zero-order chi connectivity index (χ0) is 13.0. The zero-order valence-corrected chi connectivity index (χ0v) is 10.6. The van der Waals surface area contributed by atoms with E-state index in [1.165, 1.54) is 0 Å². The quantitative estimate of drug-likeness (QED) is 0.884. The number of carboxylic acid groups (broad SMARTS) is 1. The van der Waals surface area contributed by atoms with Crippen LogP contribution in [0.1, 0.15) is 5.56 Å². The van der Waals surface area contributed by atoms with Gasteiger partial charge in [0.15, 0.2) is 0 Å². The average Bonchev–Trinajstić information content (AvgIpc) is 2.28.